The molecule has 0 aromatic carbocycles. The Hall–Kier alpha value is -0.870. The normalized spacial score (nSPS) is 22.1. The minimum absolute atomic E-state index is 0.673. The summed E-state index contributed by atoms with van der Waals surface area (Å²) in [4.78, 5) is 6.71. The van der Waals surface area contributed by atoms with Crippen LogP contribution in [0, 0.1) is 0 Å². The van der Waals surface area contributed by atoms with Crippen LogP contribution in [-0.4, -0.2) is 40.6 Å². The van der Waals surface area contributed by atoms with E-state index in [1.54, 1.807) is 0 Å². The van der Waals surface area contributed by atoms with Gasteiger partial charge in [0.05, 0.1) is 6.54 Å². The first-order chi connectivity index (χ1) is 6.77. The SMILES string of the molecule is CN(Cc1nccn1C)C1CCNC1. The zero-order valence-electron chi connectivity index (χ0n) is 8.90. The van der Waals surface area contributed by atoms with Crippen LogP contribution in [0.4, 0.5) is 0 Å². The second-order valence-electron chi connectivity index (χ2n) is 4.02. The van der Waals surface area contributed by atoms with Gasteiger partial charge in [-0.15, -0.1) is 0 Å². The van der Waals surface area contributed by atoms with E-state index in [1.807, 2.05) is 19.4 Å². The average molecular weight is 194 g/mol. The molecule has 0 amide bonds. The third-order valence-electron chi connectivity index (χ3n) is 2.97. The number of nitrogens with zero attached hydrogens (tertiary/aromatic N) is 3. The molecule has 2 heterocycles. The van der Waals surface area contributed by atoms with Gasteiger partial charge in [-0.2, -0.15) is 0 Å². The molecule has 4 heteroatoms. The van der Waals surface area contributed by atoms with Crippen molar-refractivity contribution in [2.45, 2.75) is 19.0 Å². The lowest BCUT2D eigenvalue weighted by Crippen LogP contribution is -2.33. The van der Waals surface area contributed by atoms with Gasteiger partial charge in [0, 0.05) is 32.0 Å². The van der Waals surface area contributed by atoms with Crippen LogP contribution in [0.2, 0.25) is 0 Å². The van der Waals surface area contributed by atoms with Gasteiger partial charge in [-0.3, -0.25) is 4.90 Å². The average Bonchev–Trinajstić information content (AvgIpc) is 2.77. The molecule has 0 radical (unpaired) electrons. The van der Waals surface area contributed by atoms with Crippen LogP contribution in [0.1, 0.15) is 12.2 Å². The molecular weight excluding hydrogens is 176 g/mol. The molecule has 2 rings (SSSR count). The number of rotatable bonds is 3. The highest BCUT2D eigenvalue weighted by Gasteiger charge is 2.19. The first kappa shape index (κ1) is 9.68. The number of aromatic nitrogens is 2. The summed E-state index contributed by atoms with van der Waals surface area (Å²) in [5.41, 5.74) is 0. The van der Waals surface area contributed by atoms with Gasteiger partial charge in [0.1, 0.15) is 5.82 Å². The van der Waals surface area contributed by atoms with Gasteiger partial charge in [-0.05, 0) is 20.0 Å². The highest BCUT2D eigenvalue weighted by atomic mass is 15.2. The number of imidazole rings is 1. The number of aryl methyl sites for hydroxylation is 1. The first-order valence-electron chi connectivity index (χ1n) is 5.14. The second-order valence-corrected chi connectivity index (χ2v) is 4.02. The highest BCUT2D eigenvalue weighted by Crippen LogP contribution is 2.09. The van der Waals surface area contributed by atoms with Crippen LogP contribution in [0.15, 0.2) is 12.4 Å². The van der Waals surface area contributed by atoms with Crippen molar-refractivity contribution in [1.82, 2.24) is 19.8 Å². The molecule has 0 aliphatic carbocycles. The van der Waals surface area contributed by atoms with Gasteiger partial charge in [0.25, 0.3) is 0 Å². The van der Waals surface area contributed by atoms with Gasteiger partial charge < -0.3 is 9.88 Å². The van der Waals surface area contributed by atoms with Crippen molar-refractivity contribution < 1.29 is 0 Å². The molecule has 0 saturated carbocycles. The van der Waals surface area contributed by atoms with Crippen LogP contribution in [0.5, 0.6) is 0 Å². The lowest BCUT2D eigenvalue weighted by molar-refractivity contribution is 0.241. The van der Waals surface area contributed by atoms with Crippen LogP contribution in [-0.2, 0) is 13.6 Å². The smallest absolute Gasteiger partial charge is 0.122 e. The van der Waals surface area contributed by atoms with Gasteiger partial charge in [0.2, 0.25) is 0 Å². The minimum Gasteiger partial charge on any atom is -0.337 e. The topological polar surface area (TPSA) is 33.1 Å². The maximum atomic E-state index is 4.33. The van der Waals surface area contributed by atoms with E-state index >= 15 is 0 Å². The van der Waals surface area contributed by atoms with Gasteiger partial charge in [0.15, 0.2) is 0 Å². The Morgan fingerprint density at radius 1 is 1.71 bits per heavy atom. The van der Waals surface area contributed by atoms with Gasteiger partial charge >= 0.3 is 0 Å². The summed E-state index contributed by atoms with van der Waals surface area (Å²) in [6, 6.07) is 0.673. The van der Waals surface area contributed by atoms with Crippen molar-refractivity contribution in [2.24, 2.45) is 7.05 Å². The Morgan fingerprint density at radius 3 is 3.14 bits per heavy atom. The number of hydrogen-bond acceptors (Lipinski definition) is 3. The number of nitrogens with one attached hydrogen (secondary N) is 1. The van der Waals surface area contributed by atoms with Crippen molar-refractivity contribution >= 4 is 0 Å². The summed E-state index contributed by atoms with van der Waals surface area (Å²) in [7, 11) is 4.22. The van der Waals surface area contributed by atoms with E-state index in [0.717, 1.165) is 25.5 Å². The summed E-state index contributed by atoms with van der Waals surface area (Å²) < 4.78 is 2.08. The quantitative estimate of drug-likeness (QED) is 0.747. The maximum absolute atomic E-state index is 4.33. The molecule has 0 spiro atoms. The first-order valence-corrected chi connectivity index (χ1v) is 5.14. The molecule has 1 N–H and O–H groups in total. The Bertz CT molecular complexity index is 288. The highest BCUT2D eigenvalue weighted by molar-refractivity contribution is 4.92. The molecule has 1 unspecified atom stereocenters. The van der Waals surface area contributed by atoms with E-state index in [4.69, 9.17) is 0 Å². The molecule has 1 aromatic rings. The molecule has 14 heavy (non-hydrogen) atoms. The largest absolute Gasteiger partial charge is 0.337 e. The van der Waals surface area contributed by atoms with E-state index in [9.17, 15) is 0 Å². The van der Waals surface area contributed by atoms with Crippen molar-refractivity contribution in [3.8, 4) is 0 Å². The van der Waals surface area contributed by atoms with Gasteiger partial charge in [-0.25, -0.2) is 4.98 Å². The number of hydrogen-bond donors (Lipinski definition) is 1. The predicted octanol–water partition coefficient (Wildman–Crippen LogP) is 0.214. The fraction of sp³-hybridized carbons (Fsp3) is 0.700. The molecule has 1 saturated heterocycles. The van der Waals surface area contributed by atoms with Crippen molar-refractivity contribution in [1.29, 1.82) is 0 Å². The summed E-state index contributed by atoms with van der Waals surface area (Å²) in [6.07, 6.45) is 5.10. The molecule has 78 valence electrons. The monoisotopic (exact) mass is 194 g/mol. The predicted molar refractivity (Wildman–Crippen MR) is 55.9 cm³/mol. The fourth-order valence-corrected chi connectivity index (χ4v) is 1.92. The van der Waals surface area contributed by atoms with E-state index in [1.165, 1.54) is 6.42 Å². The summed E-state index contributed by atoms with van der Waals surface area (Å²) in [5, 5.41) is 3.38. The van der Waals surface area contributed by atoms with Crippen molar-refractivity contribution in [3.05, 3.63) is 18.2 Å². The standard InChI is InChI=1S/C10H18N4/c1-13-6-5-12-10(13)8-14(2)9-3-4-11-7-9/h5-6,9,11H,3-4,7-8H2,1-2H3. The lowest BCUT2D eigenvalue weighted by Gasteiger charge is -2.22. The molecule has 0 bridgehead atoms. The Morgan fingerprint density at radius 2 is 2.57 bits per heavy atom. The molecule has 1 fully saturated rings. The van der Waals surface area contributed by atoms with Crippen LogP contribution in [0.25, 0.3) is 0 Å². The molecular formula is C10H18N4. The second kappa shape index (κ2) is 4.11. The van der Waals surface area contributed by atoms with Crippen LogP contribution < -0.4 is 5.32 Å². The fourth-order valence-electron chi connectivity index (χ4n) is 1.92. The van der Waals surface area contributed by atoms with Crippen molar-refractivity contribution in [2.75, 3.05) is 20.1 Å². The van der Waals surface area contributed by atoms with E-state index in [2.05, 4.69) is 26.8 Å². The zero-order valence-corrected chi connectivity index (χ0v) is 8.90. The summed E-state index contributed by atoms with van der Waals surface area (Å²) in [6.45, 7) is 3.20. The van der Waals surface area contributed by atoms with Gasteiger partial charge in [-0.1, -0.05) is 0 Å². The Kier molecular flexibility index (Phi) is 2.84. The van der Waals surface area contributed by atoms with E-state index in [0.29, 0.717) is 6.04 Å². The molecule has 1 aliphatic heterocycles. The summed E-state index contributed by atoms with van der Waals surface area (Å²) in [5.74, 6) is 1.14. The van der Waals surface area contributed by atoms with E-state index < -0.39 is 0 Å². The third-order valence-corrected chi connectivity index (χ3v) is 2.97. The summed E-state index contributed by atoms with van der Waals surface area (Å²) >= 11 is 0. The number of likely N-dealkylation sites (N-methyl/N-ethyl adjacent to an activating group) is 1. The maximum Gasteiger partial charge on any atom is 0.122 e. The van der Waals surface area contributed by atoms with Crippen LogP contribution in [0.3, 0.4) is 0 Å². The lowest BCUT2D eigenvalue weighted by atomic mass is 10.2. The zero-order chi connectivity index (χ0) is 9.97. The molecule has 1 aliphatic rings. The molecule has 4 nitrogen and oxygen atoms in total. The Balaban J connectivity index is 1.93. The molecule has 1 aromatic heterocycles. The minimum atomic E-state index is 0.673. The van der Waals surface area contributed by atoms with Crippen LogP contribution >= 0.6 is 0 Å². The third kappa shape index (κ3) is 1.96. The van der Waals surface area contributed by atoms with E-state index in [-0.39, 0.29) is 0 Å². The Labute approximate surface area is 84.9 Å². The molecule has 1 atom stereocenters. The van der Waals surface area contributed by atoms with Crippen molar-refractivity contribution in [3.63, 3.8) is 0 Å².